The number of aliphatic hydroxyl groups excluding tert-OH is 2. The number of carbonyl (C=O) groups excluding carboxylic acids is 1. The Labute approximate surface area is 353 Å². The third kappa shape index (κ3) is 42.0. The number of phosphoric acid groups is 1. The molecule has 57 heavy (non-hydrogen) atoms. The molecule has 0 spiro atoms. The van der Waals surface area contributed by atoms with Gasteiger partial charge in [0.05, 0.1) is 37.9 Å². The number of nitrogens with one attached hydrogen (secondary N) is 1. The first-order chi connectivity index (χ1) is 27.8. The molecule has 4 atom stereocenters. The molecule has 0 fully saturated rings. The topological polar surface area (TPSA) is 151 Å². The van der Waals surface area contributed by atoms with Crippen LogP contribution in [0.5, 0.6) is 0 Å². The molecule has 9 nitrogen and oxygen atoms in total. The van der Waals surface area contributed by atoms with Crippen LogP contribution >= 0.6 is 7.82 Å². The summed E-state index contributed by atoms with van der Waals surface area (Å²) in [6.45, 7) is 4.09. The van der Waals surface area contributed by atoms with Crippen molar-refractivity contribution in [2.24, 2.45) is 5.73 Å². The average molecular weight is 833 g/mol. The van der Waals surface area contributed by atoms with Crippen LogP contribution in [0.3, 0.4) is 0 Å². The molecule has 0 aromatic carbocycles. The molecule has 0 radical (unpaired) electrons. The largest absolute Gasteiger partial charge is 0.472 e. The molecule has 0 aliphatic rings. The SMILES string of the molecule is CCCCCCCCCCCCCCCCCCCCC(O)CC(=O)NC(COP(=O)(O)OCCN)C(O)CCCCCCCCCCCCCCCCCCC. The Morgan fingerprint density at radius 2 is 0.842 bits per heavy atom. The first kappa shape index (κ1) is 56.5. The van der Waals surface area contributed by atoms with Gasteiger partial charge in [0, 0.05) is 6.54 Å². The van der Waals surface area contributed by atoms with Crippen molar-refractivity contribution in [2.45, 2.75) is 276 Å². The van der Waals surface area contributed by atoms with Crippen LogP contribution in [0, 0.1) is 0 Å². The van der Waals surface area contributed by atoms with Crippen LogP contribution in [0.25, 0.3) is 0 Å². The summed E-state index contributed by atoms with van der Waals surface area (Å²) in [4.78, 5) is 22.9. The van der Waals surface area contributed by atoms with E-state index < -0.39 is 32.0 Å². The van der Waals surface area contributed by atoms with E-state index in [2.05, 4.69) is 19.2 Å². The van der Waals surface area contributed by atoms with Gasteiger partial charge in [-0.2, -0.15) is 0 Å². The Morgan fingerprint density at radius 1 is 0.526 bits per heavy atom. The van der Waals surface area contributed by atoms with E-state index in [1.807, 2.05) is 0 Å². The van der Waals surface area contributed by atoms with Gasteiger partial charge in [-0.05, 0) is 12.8 Å². The average Bonchev–Trinajstić information content (AvgIpc) is 3.19. The number of rotatable bonds is 47. The van der Waals surface area contributed by atoms with E-state index in [0.717, 1.165) is 38.5 Å². The standard InChI is InChI=1S/C47H97N2O7P/c1-3-5-7-9-11-13-15-17-19-21-23-24-26-28-30-32-34-36-38-44(50)42-47(52)49-45(43-56-57(53,54)55-41-40-48)46(51)39-37-35-33-31-29-27-25-22-20-18-16-14-12-10-8-6-4-2/h44-46,50-51H,3-43,48H2,1-2H3,(H,49,52)(H,53,54). The van der Waals surface area contributed by atoms with E-state index in [4.69, 9.17) is 14.8 Å². The number of nitrogens with two attached hydrogens (primary N) is 1. The first-order valence-corrected chi connectivity index (χ1v) is 26.2. The molecule has 342 valence electrons. The fourth-order valence-corrected chi connectivity index (χ4v) is 8.53. The molecule has 10 heteroatoms. The van der Waals surface area contributed by atoms with Crippen LogP contribution in [0.2, 0.25) is 0 Å². The zero-order valence-corrected chi connectivity index (χ0v) is 38.6. The lowest BCUT2D eigenvalue weighted by molar-refractivity contribution is -0.125. The number of unbranched alkanes of at least 4 members (excludes halogenated alkanes) is 33. The van der Waals surface area contributed by atoms with Gasteiger partial charge < -0.3 is 26.2 Å². The smallest absolute Gasteiger partial charge is 0.393 e. The second-order valence-electron chi connectivity index (χ2n) is 17.2. The monoisotopic (exact) mass is 833 g/mol. The lowest BCUT2D eigenvalue weighted by Gasteiger charge is -2.25. The highest BCUT2D eigenvalue weighted by molar-refractivity contribution is 7.47. The highest BCUT2D eigenvalue weighted by atomic mass is 31.2. The number of amides is 1. The molecular weight excluding hydrogens is 735 g/mol. The minimum atomic E-state index is -4.37. The third-order valence-electron chi connectivity index (χ3n) is 11.5. The van der Waals surface area contributed by atoms with Crippen molar-refractivity contribution in [1.82, 2.24) is 5.32 Å². The second kappa shape index (κ2) is 43.5. The van der Waals surface area contributed by atoms with Crippen molar-refractivity contribution in [1.29, 1.82) is 0 Å². The Hall–Kier alpha value is -0.540. The minimum Gasteiger partial charge on any atom is -0.393 e. The van der Waals surface area contributed by atoms with Gasteiger partial charge in [0.2, 0.25) is 5.91 Å². The van der Waals surface area contributed by atoms with Gasteiger partial charge in [-0.15, -0.1) is 0 Å². The predicted molar refractivity (Wildman–Crippen MR) is 242 cm³/mol. The summed E-state index contributed by atoms with van der Waals surface area (Å²) >= 11 is 0. The molecular formula is C47H97N2O7P. The molecule has 6 N–H and O–H groups in total. The van der Waals surface area contributed by atoms with Crippen LogP contribution in [-0.2, 0) is 18.4 Å². The number of hydrogen-bond donors (Lipinski definition) is 5. The van der Waals surface area contributed by atoms with E-state index in [9.17, 15) is 24.5 Å². The van der Waals surface area contributed by atoms with Crippen LogP contribution < -0.4 is 11.1 Å². The summed E-state index contributed by atoms with van der Waals surface area (Å²) in [5.74, 6) is -0.407. The van der Waals surface area contributed by atoms with Crippen molar-refractivity contribution in [2.75, 3.05) is 19.8 Å². The van der Waals surface area contributed by atoms with E-state index in [1.54, 1.807) is 0 Å². The number of hydrogen-bond acceptors (Lipinski definition) is 7. The summed E-state index contributed by atoms with van der Waals surface area (Å²) in [5.41, 5.74) is 5.38. The first-order valence-electron chi connectivity index (χ1n) is 24.7. The second-order valence-corrected chi connectivity index (χ2v) is 18.7. The van der Waals surface area contributed by atoms with Gasteiger partial charge >= 0.3 is 7.82 Å². The zero-order valence-electron chi connectivity index (χ0n) is 37.7. The lowest BCUT2D eigenvalue weighted by Crippen LogP contribution is -2.47. The maximum absolute atomic E-state index is 12.9. The van der Waals surface area contributed by atoms with Crippen LogP contribution in [0.15, 0.2) is 0 Å². The molecule has 1 amide bonds. The number of carbonyl (C=O) groups is 1. The number of phosphoric ester groups is 1. The van der Waals surface area contributed by atoms with Crippen LogP contribution in [0.1, 0.15) is 258 Å². The van der Waals surface area contributed by atoms with Gasteiger partial charge in [-0.3, -0.25) is 13.8 Å². The van der Waals surface area contributed by atoms with E-state index in [-0.39, 0.29) is 26.2 Å². The Kier molecular flexibility index (Phi) is 43.1. The molecule has 0 aromatic rings. The molecule has 0 aromatic heterocycles. The minimum absolute atomic E-state index is 0.0629. The van der Waals surface area contributed by atoms with Crippen molar-refractivity contribution >= 4 is 13.7 Å². The summed E-state index contributed by atoms with van der Waals surface area (Å²) in [7, 11) is -4.37. The van der Waals surface area contributed by atoms with Crippen molar-refractivity contribution < 1.29 is 33.5 Å². The molecule has 0 rings (SSSR count). The van der Waals surface area contributed by atoms with Crippen molar-refractivity contribution in [3.63, 3.8) is 0 Å². The lowest BCUT2D eigenvalue weighted by atomic mass is 10.0. The molecule has 0 saturated carbocycles. The van der Waals surface area contributed by atoms with Gasteiger partial charge in [0.15, 0.2) is 0 Å². The summed E-state index contributed by atoms with van der Waals surface area (Å²) in [6.07, 6.45) is 44.3. The molecule has 0 aliphatic heterocycles. The Bertz CT molecular complexity index is 883. The molecule has 0 saturated heterocycles. The summed E-state index contributed by atoms with van der Waals surface area (Å²) < 4.78 is 22.2. The van der Waals surface area contributed by atoms with Crippen LogP contribution in [0.4, 0.5) is 0 Å². The van der Waals surface area contributed by atoms with E-state index >= 15 is 0 Å². The van der Waals surface area contributed by atoms with Crippen molar-refractivity contribution in [3.05, 3.63) is 0 Å². The van der Waals surface area contributed by atoms with E-state index in [0.29, 0.717) is 12.8 Å². The quantitative estimate of drug-likeness (QED) is 0.0300. The Morgan fingerprint density at radius 3 is 1.18 bits per heavy atom. The summed E-state index contributed by atoms with van der Waals surface area (Å²) in [6, 6.07) is -0.891. The third-order valence-corrected chi connectivity index (χ3v) is 12.5. The normalized spacial score (nSPS) is 14.4. The zero-order chi connectivity index (χ0) is 41.9. The molecule has 0 bridgehead atoms. The Balaban J connectivity index is 4.14. The van der Waals surface area contributed by atoms with Crippen molar-refractivity contribution in [3.8, 4) is 0 Å². The van der Waals surface area contributed by atoms with Crippen LogP contribution in [-0.4, -0.2) is 59.0 Å². The summed E-state index contributed by atoms with van der Waals surface area (Å²) in [5, 5.41) is 24.3. The maximum atomic E-state index is 12.9. The molecule has 0 aliphatic carbocycles. The van der Waals surface area contributed by atoms with Gasteiger partial charge in [0.25, 0.3) is 0 Å². The van der Waals surface area contributed by atoms with E-state index in [1.165, 1.54) is 186 Å². The van der Waals surface area contributed by atoms with Gasteiger partial charge in [-0.1, -0.05) is 239 Å². The fraction of sp³-hybridized carbons (Fsp3) is 0.979. The van der Waals surface area contributed by atoms with Gasteiger partial charge in [-0.25, -0.2) is 4.57 Å². The maximum Gasteiger partial charge on any atom is 0.472 e. The molecule has 4 unspecified atom stereocenters. The fourth-order valence-electron chi connectivity index (χ4n) is 7.77. The van der Waals surface area contributed by atoms with Gasteiger partial charge in [0.1, 0.15) is 0 Å². The highest BCUT2D eigenvalue weighted by Gasteiger charge is 2.28. The number of aliphatic hydroxyl groups is 2. The highest BCUT2D eigenvalue weighted by Crippen LogP contribution is 2.43. The predicted octanol–water partition coefficient (Wildman–Crippen LogP) is 13.1. The molecule has 0 heterocycles.